The van der Waals surface area contributed by atoms with Crippen molar-refractivity contribution in [3.63, 3.8) is 0 Å². The van der Waals surface area contributed by atoms with Crippen LogP contribution in [0, 0.1) is 0 Å². The van der Waals surface area contributed by atoms with Crippen LogP contribution < -0.4 is 20.7 Å². The summed E-state index contributed by atoms with van der Waals surface area (Å²) in [4.78, 5) is 21.4. The SMILES string of the molecule is C.Cn1c(Nc2ccc(Br)cc2)nc2cc(Oc3ccnc(C(=O)N[C@@H]4CCNC4)c3)ccc21. The van der Waals surface area contributed by atoms with Crippen molar-refractivity contribution >= 4 is 44.5 Å². The van der Waals surface area contributed by atoms with E-state index in [-0.39, 0.29) is 19.4 Å². The van der Waals surface area contributed by atoms with Crippen LogP contribution in [0.15, 0.2) is 65.3 Å². The highest BCUT2D eigenvalue weighted by Gasteiger charge is 2.18. The largest absolute Gasteiger partial charge is 0.457 e. The maximum absolute atomic E-state index is 12.5. The molecule has 1 aliphatic heterocycles. The molecule has 3 N–H and O–H groups in total. The Morgan fingerprint density at radius 1 is 1.15 bits per heavy atom. The van der Waals surface area contributed by atoms with E-state index in [4.69, 9.17) is 9.72 Å². The van der Waals surface area contributed by atoms with Crippen molar-refractivity contribution in [2.24, 2.45) is 7.05 Å². The average molecular weight is 523 g/mol. The number of halogens is 1. The Balaban J connectivity index is 0.00000274. The molecular weight excluding hydrogens is 496 g/mol. The summed E-state index contributed by atoms with van der Waals surface area (Å²) in [6.45, 7) is 1.70. The molecule has 4 aromatic rings. The number of ether oxygens (including phenoxy) is 1. The summed E-state index contributed by atoms with van der Waals surface area (Å²) >= 11 is 3.45. The Morgan fingerprint density at radius 3 is 2.71 bits per heavy atom. The van der Waals surface area contributed by atoms with Crippen LogP contribution in [0.3, 0.4) is 0 Å². The number of fused-ring (bicyclic) bond motifs is 1. The predicted octanol–water partition coefficient (Wildman–Crippen LogP) is 4.99. The number of rotatable bonds is 6. The molecule has 0 unspecified atom stereocenters. The topological polar surface area (TPSA) is 93.1 Å². The average Bonchev–Trinajstić information content (AvgIpc) is 3.43. The van der Waals surface area contributed by atoms with Gasteiger partial charge in [-0.2, -0.15) is 0 Å². The smallest absolute Gasteiger partial charge is 0.270 e. The number of nitrogens with zero attached hydrogens (tertiary/aromatic N) is 3. The number of amides is 1. The lowest BCUT2D eigenvalue weighted by atomic mass is 10.2. The number of carbonyl (C=O) groups is 1. The van der Waals surface area contributed by atoms with E-state index in [1.165, 1.54) is 0 Å². The molecule has 0 aliphatic carbocycles. The number of anilines is 2. The standard InChI is InChI=1S/C24H23BrN6O2.CH4/c1-31-22-7-6-18(12-20(22)30-24(31)29-16-4-2-15(25)3-5-16)33-19-9-11-27-21(13-19)23(32)28-17-8-10-26-14-17;/h2-7,9,11-13,17,26H,8,10,14H2,1H3,(H,28,32)(H,29,30);1H4/t17-;/m1./s1. The molecule has 0 spiro atoms. The summed E-state index contributed by atoms with van der Waals surface area (Å²) < 4.78 is 9.04. The Morgan fingerprint density at radius 2 is 1.94 bits per heavy atom. The lowest BCUT2D eigenvalue weighted by Gasteiger charge is -2.11. The van der Waals surface area contributed by atoms with Crippen LogP contribution in [0.25, 0.3) is 11.0 Å². The number of aryl methyl sites for hydroxylation is 1. The van der Waals surface area contributed by atoms with E-state index in [1.54, 1.807) is 18.3 Å². The minimum absolute atomic E-state index is 0. The van der Waals surface area contributed by atoms with E-state index in [1.807, 2.05) is 54.1 Å². The van der Waals surface area contributed by atoms with Gasteiger partial charge in [-0.25, -0.2) is 4.98 Å². The highest BCUT2D eigenvalue weighted by atomic mass is 79.9. The summed E-state index contributed by atoms with van der Waals surface area (Å²) in [6.07, 6.45) is 2.50. The van der Waals surface area contributed by atoms with Crippen molar-refractivity contribution in [1.82, 2.24) is 25.2 Å². The molecular formula is C25H27BrN6O2. The van der Waals surface area contributed by atoms with Gasteiger partial charge in [0.05, 0.1) is 11.0 Å². The summed E-state index contributed by atoms with van der Waals surface area (Å²) in [6, 6.07) is 17.2. The molecule has 1 atom stereocenters. The number of carbonyl (C=O) groups excluding carboxylic acids is 1. The second-order valence-electron chi connectivity index (χ2n) is 7.92. The molecule has 2 aromatic heterocycles. The summed E-state index contributed by atoms with van der Waals surface area (Å²) in [7, 11) is 1.96. The molecule has 2 aromatic carbocycles. The number of aromatic nitrogens is 3. The van der Waals surface area contributed by atoms with Gasteiger partial charge in [0, 0.05) is 48.1 Å². The predicted molar refractivity (Wildman–Crippen MR) is 138 cm³/mol. The minimum Gasteiger partial charge on any atom is -0.457 e. The van der Waals surface area contributed by atoms with E-state index in [0.717, 1.165) is 46.7 Å². The lowest BCUT2D eigenvalue weighted by Crippen LogP contribution is -2.36. The molecule has 0 bridgehead atoms. The van der Waals surface area contributed by atoms with Gasteiger partial charge in [-0.1, -0.05) is 23.4 Å². The van der Waals surface area contributed by atoms with E-state index < -0.39 is 0 Å². The number of imidazole rings is 1. The maximum Gasteiger partial charge on any atom is 0.270 e. The second-order valence-corrected chi connectivity index (χ2v) is 8.83. The van der Waals surface area contributed by atoms with Crippen LogP contribution in [0.5, 0.6) is 11.5 Å². The summed E-state index contributed by atoms with van der Waals surface area (Å²) in [5, 5.41) is 9.58. The number of pyridine rings is 1. The third-order valence-electron chi connectivity index (χ3n) is 5.55. The number of benzene rings is 2. The van der Waals surface area contributed by atoms with Crippen LogP contribution in [0.4, 0.5) is 11.6 Å². The Kier molecular flexibility index (Phi) is 7.14. The summed E-state index contributed by atoms with van der Waals surface area (Å²) in [5.41, 5.74) is 3.06. The Bertz CT molecular complexity index is 1300. The third kappa shape index (κ3) is 5.21. The monoisotopic (exact) mass is 522 g/mol. The quantitative estimate of drug-likeness (QED) is 0.330. The molecule has 9 heteroatoms. The van der Waals surface area contributed by atoms with Gasteiger partial charge in [-0.15, -0.1) is 0 Å². The fraction of sp³-hybridized carbons (Fsp3) is 0.240. The zero-order valence-electron chi connectivity index (χ0n) is 18.0. The van der Waals surface area contributed by atoms with Gasteiger partial charge in [0.25, 0.3) is 5.91 Å². The third-order valence-corrected chi connectivity index (χ3v) is 6.08. The van der Waals surface area contributed by atoms with Gasteiger partial charge in [0.15, 0.2) is 0 Å². The van der Waals surface area contributed by atoms with E-state index in [0.29, 0.717) is 17.2 Å². The van der Waals surface area contributed by atoms with E-state index in [9.17, 15) is 4.79 Å². The first-order valence-electron chi connectivity index (χ1n) is 10.7. The van der Waals surface area contributed by atoms with Crippen LogP contribution in [0.2, 0.25) is 0 Å². The van der Waals surface area contributed by atoms with Crippen LogP contribution >= 0.6 is 15.9 Å². The Labute approximate surface area is 206 Å². The Hall–Kier alpha value is -3.43. The molecule has 0 saturated carbocycles. The van der Waals surface area contributed by atoms with E-state index in [2.05, 4.69) is 36.9 Å². The van der Waals surface area contributed by atoms with Gasteiger partial charge in [-0.05, 0) is 55.4 Å². The first kappa shape index (κ1) is 23.7. The maximum atomic E-state index is 12.5. The van der Waals surface area contributed by atoms with Crippen molar-refractivity contribution in [1.29, 1.82) is 0 Å². The summed E-state index contributed by atoms with van der Waals surface area (Å²) in [5.74, 6) is 1.71. The van der Waals surface area contributed by atoms with Crippen molar-refractivity contribution in [2.45, 2.75) is 19.9 Å². The first-order chi connectivity index (χ1) is 16.0. The van der Waals surface area contributed by atoms with Crippen LogP contribution in [-0.2, 0) is 7.05 Å². The van der Waals surface area contributed by atoms with Crippen molar-refractivity contribution in [2.75, 3.05) is 18.4 Å². The second kappa shape index (κ2) is 10.2. The fourth-order valence-electron chi connectivity index (χ4n) is 3.79. The molecule has 176 valence electrons. The number of nitrogens with one attached hydrogen (secondary N) is 3. The number of hydrogen-bond donors (Lipinski definition) is 3. The van der Waals surface area contributed by atoms with E-state index >= 15 is 0 Å². The number of hydrogen-bond acceptors (Lipinski definition) is 6. The molecule has 1 aliphatic rings. The molecule has 1 saturated heterocycles. The zero-order valence-corrected chi connectivity index (χ0v) is 19.6. The van der Waals surface area contributed by atoms with Gasteiger partial charge in [0.2, 0.25) is 5.95 Å². The molecule has 1 amide bonds. The molecule has 0 radical (unpaired) electrons. The molecule has 8 nitrogen and oxygen atoms in total. The molecule has 5 rings (SSSR count). The molecule has 1 fully saturated rings. The minimum atomic E-state index is -0.196. The first-order valence-corrected chi connectivity index (χ1v) is 11.5. The lowest BCUT2D eigenvalue weighted by molar-refractivity contribution is 0.0934. The normalized spacial score (nSPS) is 15.1. The van der Waals surface area contributed by atoms with Crippen molar-refractivity contribution in [3.05, 3.63) is 71.0 Å². The molecule has 34 heavy (non-hydrogen) atoms. The van der Waals surface area contributed by atoms with Crippen molar-refractivity contribution in [3.8, 4) is 11.5 Å². The zero-order chi connectivity index (χ0) is 22.8. The van der Waals surface area contributed by atoms with Gasteiger partial charge < -0.3 is 25.3 Å². The highest BCUT2D eigenvalue weighted by Crippen LogP contribution is 2.28. The molecule has 3 heterocycles. The van der Waals surface area contributed by atoms with Gasteiger partial charge >= 0.3 is 0 Å². The highest BCUT2D eigenvalue weighted by molar-refractivity contribution is 9.10. The van der Waals surface area contributed by atoms with Gasteiger partial charge in [-0.3, -0.25) is 9.78 Å². The van der Waals surface area contributed by atoms with Crippen molar-refractivity contribution < 1.29 is 9.53 Å². The van der Waals surface area contributed by atoms with Crippen LogP contribution in [0.1, 0.15) is 24.3 Å². The van der Waals surface area contributed by atoms with Gasteiger partial charge in [0.1, 0.15) is 17.2 Å². The van der Waals surface area contributed by atoms with Crippen LogP contribution in [-0.4, -0.2) is 39.6 Å². The fourth-order valence-corrected chi connectivity index (χ4v) is 4.05.